The fraction of sp³-hybridized carbons (Fsp3) is 0.167. The van der Waals surface area contributed by atoms with Crippen LogP contribution in [0.1, 0.15) is 30.0 Å². The topological polar surface area (TPSA) is 80.0 Å². The Morgan fingerprint density at radius 3 is 2.58 bits per heavy atom. The van der Waals surface area contributed by atoms with Gasteiger partial charge in [-0.25, -0.2) is 4.39 Å². The van der Waals surface area contributed by atoms with Gasteiger partial charge in [0.1, 0.15) is 34.9 Å². The zero-order valence-electron chi connectivity index (χ0n) is 17.0. The van der Waals surface area contributed by atoms with Crippen LogP contribution in [0.25, 0.3) is 5.76 Å². The molecular formula is C24H20FNO5. The molecule has 7 heteroatoms. The highest BCUT2D eigenvalue weighted by Crippen LogP contribution is 2.42. The second-order valence-electron chi connectivity index (χ2n) is 7.06. The van der Waals surface area contributed by atoms with E-state index in [1.54, 1.807) is 43.3 Å². The summed E-state index contributed by atoms with van der Waals surface area (Å²) < 4.78 is 25.1. The largest absolute Gasteiger partial charge is 0.507 e. The van der Waals surface area contributed by atoms with Crippen LogP contribution >= 0.6 is 0 Å². The van der Waals surface area contributed by atoms with Crippen LogP contribution in [0.5, 0.6) is 5.75 Å². The van der Waals surface area contributed by atoms with Gasteiger partial charge >= 0.3 is 0 Å². The number of Topliss-reactive ketones (excluding diaryl/α,β-unsaturated/α-hetero) is 1. The highest BCUT2D eigenvalue weighted by Gasteiger charge is 2.48. The molecular weight excluding hydrogens is 401 g/mol. The molecule has 1 amide bonds. The number of aryl methyl sites for hydroxylation is 1. The van der Waals surface area contributed by atoms with E-state index >= 15 is 0 Å². The van der Waals surface area contributed by atoms with Gasteiger partial charge < -0.3 is 14.3 Å². The summed E-state index contributed by atoms with van der Waals surface area (Å²) in [5, 5.41) is 11.1. The van der Waals surface area contributed by atoms with E-state index in [2.05, 4.69) is 0 Å². The average molecular weight is 421 g/mol. The number of carbonyl (C=O) groups excluding carboxylic acids is 2. The van der Waals surface area contributed by atoms with E-state index < -0.39 is 23.5 Å². The van der Waals surface area contributed by atoms with Gasteiger partial charge in [0.05, 0.1) is 12.2 Å². The number of furan rings is 1. The lowest BCUT2D eigenvalue weighted by Crippen LogP contribution is -2.29. The summed E-state index contributed by atoms with van der Waals surface area (Å²) >= 11 is 0. The van der Waals surface area contributed by atoms with E-state index in [1.165, 1.54) is 18.2 Å². The number of halogens is 1. The Morgan fingerprint density at radius 1 is 1.13 bits per heavy atom. The van der Waals surface area contributed by atoms with E-state index in [-0.39, 0.29) is 22.8 Å². The van der Waals surface area contributed by atoms with Gasteiger partial charge in [-0.3, -0.25) is 14.5 Å². The number of rotatable bonds is 5. The molecule has 0 radical (unpaired) electrons. The maximum Gasteiger partial charge on any atom is 0.300 e. The molecule has 2 aromatic carbocycles. The fourth-order valence-electron chi connectivity index (χ4n) is 3.65. The van der Waals surface area contributed by atoms with E-state index in [1.807, 2.05) is 6.92 Å². The zero-order chi connectivity index (χ0) is 22.1. The van der Waals surface area contributed by atoms with Gasteiger partial charge in [-0.15, -0.1) is 0 Å². The first-order valence-electron chi connectivity index (χ1n) is 9.77. The van der Waals surface area contributed by atoms with Crippen molar-refractivity contribution in [2.45, 2.75) is 19.9 Å². The van der Waals surface area contributed by atoms with Crippen molar-refractivity contribution in [2.75, 3.05) is 11.5 Å². The quantitative estimate of drug-likeness (QED) is 0.365. The van der Waals surface area contributed by atoms with Crippen molar-refractivity contribution in [1.29, 1.82) is 0 Å². The Kier molecular flexibility index (Phi) is 5.33. The maximum absolute atomic E-state index is 13.9. The number of ether oxygens (including phenoxy) is 1. The minimum absolute atomic E-state index is 0.141. The van der Waals surface area contributed by atoms with Crippen LogP contribution < -0.4 is 9.64 Å². The molecule has 0 bridgehead atoms. The number of hydrogen-bond acceptors (Lipinski definition) is 5. The maximum atomic E-state index is 13.9. The normalized spacial score (nSPS) is 17.9. The summed E-state index contributed by atoms with van der Waals surface area (Å²) in [5.41, 5.74) is 0.358. The molecule has 1 N–H and O–H groups in total. The SMILES string of the molecule is CCOc1cccc(/C(O)=C2/C(=O)C(=O)N(c3cccc(F)c3)C2c2ccc(C)o2)c1. The molecule has 1 atom stereocenters. The van der Waals surface area contributed by atoms with Crippen molar-refractivity contribution in [1.82, 2.24) is 0 Å². The summed E-state index contributed by atoms with van der Waals surface area (Å²) in [7, 11) is 0. The zero-order valence-corrected chi connectivity index (χ0v) is 17.0. The number of aliphatic hydroxyl groups excluding tert-OH is 1. The number of ketones is 1. The van der Waals surface area contributed by atoms with Gasteiger partial charge in [-0.1, -0.05) is 18.2 Å². The number of nitrogens with zero attached hydrogens (tertiary/aromatic N) is 1. The van der Waals surface area contributed by atoms with Crippen molar-refractivity contribution >= 4 is 23.1 Å². The van der Waals surface area contributed by atoms with Gasteiger partial charge in [0.2, 0.25) is 0 Å². The summed E-state index contributed by atoms with van der Waals surface area (Å²) in [5.74, 6) is -1.33. The molecule has 1 aliphatic heterocycles. The van der Waals surface area contributed by atoms with E-state index in [0.29, 0.717) is 23.7 Å². The molecule has 0 spiro atoms. The van der Waals surface area contributed by atoms with Crippen LogP contribution in [-0.4, -0.2) is 23.4 Å². The minimum atomic E-state index is -1.05. The monoisotopic (exact) mass is 421 g/mol. The standard InChI is InChI=1S/C24H20FNO5/c1-3-30-18-9-4-6-15(12-18)22(27)20-21(19-11-10-14(2)31-19)26(24(29)23(20)28)17-8-5-7-16(25)13-17/h4-13,21,27H,3H2,1-2H3/b22-20-. The van der Waals surface area contributed by atoms with Crippen LogP contribution in [-0.2, 0) is 9.59 Å². The number of amides is 1. The van der Waals surface area contributed by atoms with Gasteiger partial charge in [0.15, 0.2) is 0 Å². The van der Waals surface area contributed by atoms with Crippen LogP contribution in [0, 0.1) is 12.7 Å². The fourth-order valence-corrected chi connectivity index (χ4v) is 3.65. The molecule has 1 aliphatic rings. The first-order valence-corrected chi connectivity index (χ1v) is 9.77. The Bertz CT molecular complexity index is 1200. The second-order valence-corrected chi connectivity index (χ2v) is 7.06. The lowest BCUT2D eigenvalue weighted by molar-refractivity contribution is -0.132. The molecule has 1 unspecified atom stereocenters. The van der Waals surface area contributed by atoms with Gasteiger partial charge in [-0.2, -0.15) is 0 Å². The lowest BCUT2D eigenvalue weighted by Gasteiger charge is -2.23. The summed E-state index contributed by atoms with van der Waals surface area (Å²) in [4.78, 5) is 27.1. The van der Waals surface area contributed by atoms with Crippen molar-refractivity contribution in [3.05, 3.63) is 89.1 Å². The predicted octanol–water partition coefficient (Wildman–Crippen LogP) is 4.75. The van der Waals surface area contributed by atoms with E-state index in [4.69, 9.17) is 9.15 Å². The smallest absolute Gasteiger partial charge is 0.300 e. The number of benzene rings is 2. The second kappa shape index (κ2) is 8.10. The predicted molar refractivity (Wildman–Crippen MR) is 112 cm³/mol. The van der Waals surface area contributed by atoms with Crippen LogP contribution in [0.2, 0.25) is 0 Å². The molecule has 1 fully saturated rings. The van der Waals surface area contributed by atoms with Crippen molar-refractivity contribution in [2.24, 2.45) is 0 Å². The Hall–Kier alpha value is -3.87. The van der Waals surface area contributed by atoms with Crippen molar-refractivity contribution in [3.8, 4) is 5.75 Å². The Balaban J connectivity index is 1.91. The van der Waals surface area contributed by atoms with Crippen LogP contribution in [0.3, 0.4) is 0 Å². The summed E-state index contributed by atoms with van der Waals surface area (Å²) in [6.07, 6.45) is 0. The molecule has 2 heterocycles. The molecule has 158 valence electrons. The molecule has 1 aromatic heterocycles. The van der Waals surface area contributed by atoms with Crippen molar-refractivity contribution < 1.29 is 28.2 Å². The molecule has 0 saturated carbocycles. The minimum Gasteiger partial charge on any atom is -0.507 e. The first-order chi connectivity index (χ1) is 14.9. The summed E-state index contributed by atoms with van der Waals surface area (Å²) in [6, 6.07) is 14.2. The summed E-state index contributed by atoms with van der Waals surface area (Å²) in [6.45, 7) is 3.99. The third kappa shape index (κ3) is 3.70. The molecule has 0 aliphatic carbocycles. The number of hydrogen-bond donors (Lipinski definition) is 1. The van der Waals surface area contributed by atoms with Crippen LogP contribution in [0.15, 0.2) is 70.7 Å². The third-order valence-corrected chi connectivity index (χ3v) is 4.98. The molecule has 4 rings (SSSR count). The third-order valence-electron chi connectivity index (χ3n) is 4.98. The van der Waals surface area contributed by atoms with Gasteiger partial charge in [0, 0.05) is 11.3 Å². The van der Waals surface area contributed by atoms with Crippen LogP contribution in [0.4, 0.5) is 10.1 Å². The first kappa shape index (κ1) is 20.4. The number of carbonyl (C=O) groups is 2. The number of anilines is 1. The Morgan fingerprint density at radius 2 is 1.90 bits per heavy atom. The lowest BCUT2D eigenvalue weighted by atomic mass is 9.99. The number of aliphatic hydroxyl groups is 1. The van der Waals surface area contributed by atoms with E-state index in [0.717, 1.165) is 11.0 Å². The molecule has 6 nitrogen and oxygen atoms in total. The highest BCUT2D eigenvalue weighted by molar-refractivity contribution is 6.51. The van der Waals surface area contributed by atoms with Gasteiger partial charge in [0.25, 0.3) is 11.7 Å². The molecule has 31 heavy (non-hydrogen) atoms. The van der Waals surface area contributed by atoms with Crippen molar-refractivity contribution in [3.63, 3.8) is 0 Å². The highest BCUT2D eigenvalue weighted by atomic mass is 19.1. The van der Waals surface area contributed by atoms with E-state index in [9.17, 15) is 19.1 Å². The Labute approximate surface area is 178 Å². The molecule has 3 aromatic rings. The molecule has 1 saturated heterocycles. The average Bonchev–Trinajstić information content (AvgIpc) is 3.29. The van der Waals surface area contributed by atoms with Gasteiger partial charge in [-0.05, 0) is 56.3 Å².